The van der Waals surface area contributed by atoms with Crippen LogP contribution in [0.3, 0.4) is 0 Å². The standard InChI is InChI=1S/C21H20N2O5/c1-13(24)22-14-4-6-15(7-5-14)28-16-8-9-18-19(11-16)21(26)23(20(18)25)12-17-3-2-10-27-17/h4-9,11,17H,2-3,10,12H2,1H3,(H,22,24)/t17-/m0/s1. The van der Waals surface area contributed by atoms with Crippen molar-refractivity contribution >= 4 is 23.4 Å². The molecule has 0 spiro atoms. The summed E-state index contributed by atoms with van der Waals surface area (Å²) < 4.78 is 11.3. The summed E-state index contributed by atoms with van der Waals surface area (Å²) in [7, 11) is 0. The SMILES string of the molecule is CC(=O)Nc1ccc(Oc2ccc3c(c2)C(=O)N(C[C@@H]2CCCO2)C3=O)cc1. The van der Waals surface area contributed by atoms with Crippen molar-refractivity contribution in [3.05, 3.63) is 53.6 Å². The molecule has 1 atom stereocenters. The first-order valence-corrected chi connectivity index (χ1v) is 9.18. The molecule has 1 saturated heterocycles. The molecular weight excluding hydrogens is 360 g/mol. The molecule has 28 heavy (non-hydrogen) atoms. The molecule has 2 aliphatic rings. The first kappa shape index (κ1) is 18.2. The van der Waals surface area contributed by atoms with E-state index in [1.165, 1.54) is 11.8 Å². The molecule has 0 bridgehead atoms. The zero-order valence-electron chi connectivity index (χ0n) is 15.4. The second-order valence-corrected chi connectivity index (χ2v) is 6.87. The van der Waals surface area contributed by atoms with Crippen molar-refractivity contribution in [3.8, 4) is 11.5 Å². The predicted octanol–water partition coefficient (Wildman–Crippen LogP) is 3.21. The molecule has 7 nitrogen and oxygen atoms in total. The number of nitrogens with one attached hydrogen (secondary N) is 1. The summed E-state index contributed by atoms with van der Waals surface area (Å²) in [5.74, 6) is 0.264. The summed E-state index contributed by atoms with van der Waals surface area (Å²) in [4.78, 5) is 37.6. The molecular formula is C21H20N2O5. The number of imide groups is 1. The van der Waals surface area contributed by atoms with Crippen LogP contribution < -0.4 is 10.1 Å². The van der Waals surface area contributed by atoms with Crippen LogP contribution in [0.25, 0.3) is 0 Å². The van der Waals surface area contributed by atoms with Crippen LogP contribution in [-0.4, -0.2) is 41.9 Å². The zero-order valence-corrected chi connectivity index (χ0v) is 15.4. The average molecular weight is 380 g/mol. The lowest BCUT2D eigenvalue weighted by Gasteiger charge is -2.17. The van der Waals surface area contributed by atoms with Gasteiger partial charge in [0.2, 0.25) is 5.91 Å². The number of ether oxygens (including phenoxy) is 2. The lowest BCUT2D eigenvalue weighted by atomic mass is 10.1. The van der Waals surface area contributed by atoms with Crippen LogP contribution in [0.1, 0.15) is 40.5 Å². The van der Waals surface area contributed by atoms with Crippen LogP contribution in [0.15, 0.2) is 42.5 Å². The van der Waals surface area contributed by atoms with Crippen molar-refractivity contribution in [1.82, 2.24) is 4.90 Å². The normalized spacial score (nSPS) is 18.3. The molecule has 7 heteroatoms. The van der Waals surface area contributed by atoms with Crippen LogP contribution in [0.2, 0.25) is 0 Å². The summed E-state index contributed by atoms with van der Waals surface area (Å²) >= 11 is 0. The van der Waals surface area contributed by atoms with Crippen LogP contribution >= 0.6 is 0 Å². The molecule has 144 valence electrons. The van der Waals surface area contributed by atoms with E-state index in [0.717, 1.165) is 12.8 Å². The minimum absolute atomic E-state index is 0.0833. The van der Waals surface area contributed by atoms with E-state index in [1.807, 2.05) is 0 Å². The van der Waals surface area contributed by atoms with Gasteiger partial charge in [-0.1, -0.05) is 0 Å². The summed E-state index contributed by atoms with van der Waals surface area (Å²) in [6.07, 6.45) is 1.73. The minimum Gasteiger partial charge on any atom is -0.457 e. The van der Waals surface area contributed by atoms with Gasteiger partial charge in [0.05, 0.1) is 23.8 Å². The average Bonchev–Trinajstić information content (AvgIpc) is 3.26. The largest absolute Gasteiger partial charge is 0.457 e. The van der Waals surface area contributed by atoms with Crippen molar-refractivity contribution in [2.75, 3.05) is 18.5 Å². The van der Waals surface area contributed by atoms with Gasteiger partial charge in [-0.05, 0) is 55.3 Å². The number of amides is 3. The number of nitrogens with zero attached hydrogens (tertiary/aromatic N) is 1. The Labute approximate surface area is 162 Å². The van der Waals surface area contributed by atoms with Crippen molar-refractivity contribution in [2.24, 2.45) is 0 Å². The molecule has 2 aliphatic heterocycles. The monoisotopic (exact) mass is 380 g/mol. The number of anilines is 1. The Morgan fingerprint density at radius 1 is 1.11 bits per heavy atom. The quantitative estimate of drug-likeness (QED) is 0.805. The maximum atomic E-state index is 12.7. The number of carbonyl (C=O) groups excluding carboxylic acids is 3. The van der Waals surface area contributed by atoms with Crippen molar-refractivity contribution < 1.29 is 23.9 Å². The molecule has 1 fully saturated rings. The van der Waals surface area contributed by atoms with Crippen LogP contribution in [0, 0.1) is 0 Å². The maximum Gasteiger partial charge on any atom is 0.261 e. The molecule has 2 aromatic carbocycles. The minimum atomic E-state index is -0.318. The Morgan fingerprint density at radius 2 is 1.82 bits per heavy atom. The summed E-state index contributed by atoms with van der Waals surface area (Å²) in [5.41, 5.74) is 1.39. The summed E-state index contributed by atoms with van der Waals surface area (Å²) in [5, 5.41) is 2.68. The van der Waals surface area contributed by atoms with E-state index in [1.54, 1.807) is 42.5 Å². The number of hydrogen-bond donors (Lipinski definition) is 1. The van der Waals surface area contributed by atoms with E-state index in [4.69, 9.17) is 9.47 Å². The molecule has 3 amide bonds. The third kappa shape index (κ3) is 3.61. The topological polar surface area (TPSA) is 84.9 Å². The maximum absolute atomic E-state index is 12.7. The van der Waals surface area contributed by atoms with Crippen molar-refractivity contribution in [1.29, 1.82) is 0 Å². The molecule has 0 aromatic heterocycles. The molecule has 1 N–H and O–H groups in total. The molecule has 0 saturated carbocycles. The summed E-state index contributed by atoms with van der Waals surface area (Å²) in [6, 6.07) is 11.8. The highest BCUT2D eigenvalue weighted by atomic mass is 16.5. The van der Waals surface area contributed by atoms with E-state index >= 15 is 0 Å². The molecule has 4 rings (SSSR count). The number of fused-ring (bicyclic) bond motifs is 1. The fourth-order valence-electron chi connectivity index (χ4n) is 3.44. The van der Waals surface area contributed by atoms with Gasteiger partial charge in [0, 0.05) is 19.2 Å². The van der Waals surface area contributed by atoms with Gasteiger partial charge in [0.25, 0.3) is 11.8 Å². The van der Waals surface area contributed by atoms with E-state index in [0.29, 0.717) is 34.9 Å². The lowest BCUT2D eigenvalue weighted by molar-refractivity contribution is -0.114. The highest BCUT2D eigenvalue weighted by molar-refractivity contribution is 6.21. The second-order valence-electron chi connectivity index (χ2n) is 6.87. The fourth-order valence-corrected chi connectivity index (χ4v) is 3.44. The molecule has 0 aliphatic carbocycles. The summed E-state index contributed by atoms with van der Waals surface area (Å²) in [6.45, 7) is 2.40. The van der Waals surface area contributed by atoms with Crippen LogP contribution in [0.5, 0.6) is 11.5 Å². The lowest BCUT2D eigenvalue weighted by Crippen LogP contribution is -2.36. The number of rotatable bonds is 5. The van der Waals surface area contributed by atoms with E-state index in [-0.39, 0.29) is 30.4 Å². The smallest absolute Gasteiger partial charge is 0.261 e. The van der Waals surface area contributed by atoms with Crippen LogP contribution in [0.4, 0.5) is 5.69 Å². The fraction of sp³-hybridized carbons (Fsp3) is 0.286. The number of carbonyl (C=O) groups is 3. The Bertz CT molecular complexity index is 932. The Morgan fingerprint density at radius 3 is 2.50 bits per heavy atom. The third-order valence-electron chi connectivity index (χ3n) is 4.76. The van der Waals surface area contributed by atoms with Gasteiger partial charge in [-0.3, -0.25) is 19.3 Å². The third-order valence-corrected chi connectivity index (χ3v) is 4.76. The van der Waals surface area contributed by atoms with E-state index in [9.17, 15) is 14.4 Å². The Hall–Kier alpha value is -3.19. The molecule has 0 unspecified atom stereocenters. The first-order valence-electron chi connectivity index (χ1n) is 9.18. The first-order chi connectivity index (χ1) is 13.5. The van der Waals surface area contributed by atoms with Gasteiger partial charge in [0.15, 0.2) is 0 Å². The van der Waals surface area contributed by atoms with Crippen LogP contribution in [-0.2, 0) is 9.53 Å². The van der Waals surface area contributed by atoms with Gasteiger partial charge < -0.3 is 14.8 Å². The van der Waals surface area contributed by atoms with E-state index in [2.05, 4.69) is 5.32 Å². The second kappa shape index (κ2) is 7.44. The molecule has 0 radical (unpaired) electrons. The highest BCUT2D eigenvalue weighted by Gasteiger charge is 2.37. The van der Waals surface area contributed by atoms with Gasteiger partial charge in [-0.2, -0.15) is 0 Å². The van der Waals surface area contributed by atoms with Gasteiger partial charge in [0.1, 0.15) is 11.5 Å². The zero-order chi connectivity index (χ0) is 19.7. The van der Waals surface area contributed by atoms with Crippen molar-refractivity contribution in [2.45, 2.75) is 25.9 Å². The number of hydrogen-bond acceptors (Lipinski definition) is 5. The van der Waals surface area contributed by atoms with Gasteiger partial charge in [-0.15, -0.1) is 0 Å². The Balaban J connectivity index is 1.49. The highest BCUT2D eigenvalue weighted by Crippen LogP contribution is 2.30. The van der Waals surface area contributed by atoms with E-state index < -0.39 is 0 Å². The van der Waals surface area contributed by atoms with Gasteiger partial charge in [-0.25, -0.2) is 0 Å². The molecule has 2 aromatic rings. The predicted molar refractivity (Wildman–Crippen MR) is 102 cm³/mol. The number of benzene rings is 2. The van der Waals surface area contributed by atoms with Crippen molar-refractivity contribution in [3.63, 3.8) is 0 Å². The van der Waals surface area contributed by atoms with Gasteiger partial charge >= 0.3 is 0 Å². The molecule has 2 heterocycles. The Kier molecular flexibility index (Phi) is 4.83.